The highest BCUT2D eigenvalue weighted by Crippen LogP contribution is 2.32. The Morgan fingerprint density at radius 2 is 1.63 bits per heavy atom. The average Bonchev–Trinajstić information content (AvgIpc) is 3.38. The van der Waals surface area contributed by atoms with Crippen LogP contribution in [0.1, 0.15) is 89.1 Å². The Morgan fingerprint density at radius 1 is 1.00 bits per heavy atom. The summed E-state index contributed by atoms with van der Waals surface area (Å²) >= 11 is 0. The molecule has 0 aliphatic carbocycles. The lowest BCUT2D eigenvalue weighted by Gasteiger charge is -2.35. The first kappa shape index (κ1) is 31.4. The summed E-state index contributed by atoms with van der Waals surface area (Å²) in [6.45, 7) is 11.9. The summed E-state index contributed by atoms with van der Waals surface area (Å²) in [5.41, 5.74) is 1.84. The van der Waals surface area contributed by atoms with Gasteiger partial charge in [-0.3, -0.25) is 19.3 Å². The quantitative estimate of drug-likeness (QED) is 0.253. The molecule has 1 heterocycles. The number of carbonyl (C=O) groups is 3. The van der Waals surface area contributed by atoms with Crippen LogP contribution in [-0.2, 0) is 14.4 Å². The Kier molecular flexibility index (Phi) is 10.7. The van der Waals surface area contributed by atoms with Gasteiger partial charge in [0, 0.05) is 30.1 Å². The van der Waals surface area contributed by atoms with Crippen LogP contribution in [-0.4, -0.2) is 35.5 Å². The number of ether oxygens (including phenoxy) is 1. The minimum absolute atomic E-state index is 0.0937. The van der Waals surface area contributed by atoms with Crippen molar-refractivity contribution in [1.82, 2.24) is 10.5 Å². The predicted molar refractivity (Wildman–Crippen MR) is 160 cm³/mol. The lowest BCUT2D eigenvalue weighted by molar-refractivity contribution is -0.128. The van der Waals surface area contributed by atoms with Crippen LogP contribution in [0.15, 0.2) is 59.1 Å². The molecule has 9 nitrogen and oxygen atoms in total. The molecule has 2 unspecified atom stereocenters. The van der Waals surface area contributed by atoms with E-state index in [-0.39, 0.29) is 36.4 Å². The summed E-state index contributed by atoms with van der Waals surface area (Å²) < 4.78 is 10.3. The zero-order chi connectivity index (χ0) is 30.2. The van der Waals surface area contributed by atoms with Crippen molar-refractivity contribution >= 4 is 29.2 Å². The van der Waals surface area contributed by atoms with Crippen LogP contribution in [0.4, 0.5) is 11.5 Å². The number of methoxy groups -OCH3 is 1. The Bertz CT molecular complexity index is 1310. The highest BCUT2D eigenvalue weighted by atomic mass is 16.5. The highest BCUT2D eigenvalue weighted by molar-refractivity contribution is 6.03. The number of nitrogens with one attached hydrogen (secondary N) is 2. The van der Waals surface area contributed by atoms with Crippen molar-refractivity contribution in [2.45, 2.75) is 84.7 Å². The molecule has 0 saturated carbocycles. The maximum absolute atomic E-state index is 14.0. The lowest BCUT2D eigenvalue weighted by atomic mass is 9.96. The fourth-order valence-electron chi connectivity index (χ4n) is 4.30. The van der Waals surface area contributed by atoms with E-state index in [4.69, 9.17) is 9.26 Å². The number of anilines is 2. The van der Waals surface area contributed by atoms with Gasteiger partial charge >= 0.3 is 0 Å². The Hall–Kier alpha value is -4.14. The van der Waals surface area contributed by atoms with Gasteiger partial charge in [0.05, 0.1) is 7.11 Å². The maximum atomic E-state index is 14.0. The zero-order valence-corrected chi connectivity index (χ0v) is 25.1. The Labute approximate surface area is 242 Å². The van der Waals surface area contributed by atoms with Gasteiger partial charge in [0.2, 0.25) is 17.7 Å². The van der Waals surface area contributed by atoms with Gasteiger partial charge in [-0.25, -0.2) is 0 Å². The van der Waals surface area contributed by atoms with Crippen LogP contribution in [0.3, 0.4) is 0 Å². The van der Waals surface area contributed by atoms with E-state index in [0.717, 1.165) is 12.0 Å². The van der Waals surface area contributed by atoms with Crippen LogP contribution in [0.25, 0.3) is 0 Å². The van der Waals surface area contributed by atoms with Crippen LogP contribution in [0.5, 0.6) is 5.75 Å². The minimum Gasteiger partial charge on any atom is -0.497 e. The molecule has 41 heavy (non-hydrogen) atoms. The zero-order valence-electron chi connectivity index (χ0n) is 25.1. The summed E-state index contributed by atoms with van der Waals surface area (Å²) in [6.07, 6.45) is 1.47. The van der Waals surface area contributed by atoms with Crippen molar-refractivity contribution in [3.05, 3.63) is 71.5 Å². The molecule has 2 aromatic carbocycles. The molecule has 0 fully saturated rings. The molecule has 0 bridgehead atoms. The number of nitrogens with zero attached hydrogens (tertiary/aromatic N) is 2. The maximum Gasteiger partial charge on any atom is 0.248 e. The number of benzene rings is 2. The number of aromatic nitrogens is 1. The minimum atomic E-state index is -0.977. The van der Waals surface area contributed by atoms with Crippen LogP contribution in [0.2, 0.25) is 0 Å². The summed E-state index contributed by atoms with van der Waals surface area (Å²) in [4.78, 5) is 42.1. The lowest BCUT2D eigenvalue weighted by Crippen LogP contribution is -2.50. The standard InChI is InChI=1S/C32H42N4O5/c1-8-21(3)23-10-14-25(15-11-23)36(29(38)19-18-28(37)33-27-20-22(4)41-35-27)30(31(39)34-32(5,6)9-2)24-12-16-26(40-7)17-13-24/h10-17,20-21,30H,8-9,18-19H2,1-7H3,(H,34,39)(H,33,35,37). The first-order valence-corrected chi connectivity index (χ1v) is 14.1. The monoisotopic (exact) mass is 562 g/mol. The summed E-state index contributed by atoms with van der Waals surface area (Å²) in [5, 5.41) is 9.54. The third kappa shape index (κ3) is 8.42. The molecule has 3 amide bonds. The van der Waals surface area contributed by atoms with Crippen molar-refractivity contribution in [3.63, 3.8) is 0 Å². The van der Waals surface area contributed by atoms with Crippen LogP contribution < -0.4 is 20.3 Å². The smallest absolute Gasteiger partial charge is 0.248 e. The van der Waals surface area contributed by atoms with Gasteiger partial charge in [-0.15, -0.1) is 0 Å². The number of hydrogen-bond donors (Lipinski definition) is 2. The van der Waals surface area contributed by atoms with Gasteiger partial charge < -0.3 is 19.9 Å². The summed E-state index contributed by atoms with van der Waals surface area (Å²) in [6, 6.07) is 15.4. The normalized spacial score (nSPS) is 12.8. The molecule has 0 saturated heterocycles. The third-order valence-electron chi connectivity index (χ3n) is 7.37. The summed E-state index contributed by atoms with van der Waals surface area (Å²) in [7, 11) is 1.57. The Balaban J connectivity index is 2.01. The molecular weight excluding hydrogens is 520 g/mol. The molecule has 1 aromatic heterocycles. The number of carbonyl (C=O) groups excluding carboxylic acids is 3. The Morgan fingerprint density at radius 3 is 2.17 bits per heavy atom. The highest BCUT2D eigenvalue weighted by Gasteiger charge is 2.35. The molecule has 3 aromatic rings. The van der Waals surface area contributed by atoms with E-state index in [2.05, 4.69) is 29.6 Å². The van der Waals surface area contributed by atoms with E-state index in [0.29, 0.717) is 35.1 Å². The number of amides is 3. The average molecular weight is 563 g/mol. The van der Waals surface area contributed by atoms with Gasteiger partial charge in [-0.2, -0.15) is 0 Å². The molecule has 220 valence electrons. The molecule has 0 spiro atoms. The van der Waals surface area contributed by atoms with E-state index in [1.54, 1.807) is 44.4 Å². The molecule has 2 atom stereocenters. The third-order valence-corrected chi connectivity index (χ3v) is 7.37. The van der Waals surface area contributed by atoms with Crippen molar-refractivity contribution < 1.29 is 23.6 Å². The van der Waals surface area contributed by atoms with E-state index in [9.17, 15) is 14.4 Å². The van der Waals surface area contributed by atoms with Crippen LogP contribution >= 0.6 is 0 Å². The molecule has 9 heteroatoms. The number of rotatable bonds is 13. The van der Waals surface area contributed by atoms with E-state index in [1.165, 1.54) is 4.90 Å². The van der Waals surface area contributed by atoms with Gasteiger partial charge in [-0.1, -0.05) is 50.2 Å². The van der Waals surface area contributed by atoms with Gasteiger partial charge in [0.1, 0.15) is 17.6 Å². The van der Waals surface area contributed by atoms with Gasteiger partial charge in [-0.05, 0) is 74.9 Å². The van der Waals surface area contributed by atoms with E-state index >= 15 is 0 Å². The van der Waals surface area contributed by atoms with Crippen molar-refractivity contribution in [1.29, 1.82) is 0 Å². The second-order valence-electron chi connectivity index (χ2n) is 10.9. The first-order chi connectivity index (χ1) is 19.5. The van der Waals surface area contributed by atoms with Crippen LogP contribution in [0, 0.1) is 6.92 Å². The van der Waals surface area contributed by atoms with Gasteiger partial charge in [0.25, 0.3) is 0 Å². The second-order valence-corrected chi connectivity index (χ2v) is 10.9. The van der Waals surface area contributed by atoms with Gasteiger partial charge in [0.15, 0.2) is 5.82 Å². The van der Waals surface area contributed by atoms with E-state index < -0.39 is 11.6 Å². The predicted octanol–water partition coefficient (Wildman–Crippen LogP) is 6.30. The van der Waals surface area contributed by atoms with Crippen molar-refractivity contribution in [2.24, 2.45) is 0 Å². The summed E-state index contributed by atoms with van der Waals surface area (Å²) in [5.74, 6) is 0.778. The first-order valence-electron chi connectivity index (χ1n) is 14.1. The molecule has 2 N–H and O–H groups in total. The fraction of sp³-hybridized carbons (Fsp3) is 0.438. The number of aryl methyl sites for hydroxylation is 1. The molecule has 0 aliphatic rings. The molecule has 3 rings (SSSR count). The molecular formula is C32H42N4O5. The SMILES string of the molecule is CCC(C)c1ccc(N(C(=O)CCC(=O)Nc2cc(C)on2)C(C(=O)NC(C)(C)CC)c2ccc(OC)cc2)cc1. The van der Waals surface area contributed by atoms with E-state index in [1.807, 2.05) is 45.0 Å². The number of hydrogen-bond acceptors (Lipinski definition) is 6. The largest absolute Gasteiger partial charge is 0.497 e. The van der Waals surface area contributed by atoms with Crippen molar-refractivity contribution in [3.8, 4) is 5.75 Å². The second kappa shape index (κ2) is 14.0. The van der Waals surface area contributed by atoms with Crippen molar-refractivity contribution in [2.75, 3.05) is 17.3 Å². The molecule has 0 radical (unpaired) electrons. The topological polar surface area (TPSA) is 114 Å². The molecule has 0 aliphatic heterocycles. The fourth-order valence-corrected chi connectivity index (χ4v) is 4.30.